The largest absolute Gasteiger partial charge is 0.454 e. The minimum absolute atomic E-state index is 0.0402. The number of nitrogens with zero attached hydrogens (tertiary/aromatic N) is 2. The normalized spacial score (nSPS) is 15.4. The van der Waals surface area contributed by atoms with Gasteiger partial charge in [0.1, 0.15) is 11.4 Å². The Morgan fingerprint density at radius 1 is 1.22 bits per heavy atom. The van der Waals surface area contributed by atoms with Gasteiger partial charge in [-0.15, -0.1) is 0 Å². The molecule has 1 aromatic heterocycles. The van der Waals surface area contributed by atoms with Gasteiger partial charge >= 0.3 is 0 Å². The van der Waals surface area contributed by atoms with Crippen LogP contribution in [0.2, 0.25) is 5.02 Å². The van der Waals surface area contributed by atoms with Crippen LogP contribution in [0.1, 0.15) is 22.6 Å². The Balaban J connectivity index is 1.54. The second kappa shape index (κ2) is 9.29. The third-order valence-electron chi connectivity index (χ3n) is 4.84. The third-order valence-corrected chi connectivity index (χ3v) is 5.08. The number of nitrogens with two attached hydrogens (primary N) is 1. The summed E-state index contributed by atoms with van der Waals surface area (Å²) in [6.45, 7) is 0.886. The van der Waals surface area contributed by atoms with Crippen molar-refractivity contribution in [2.24, 2.45) is 5.73 Å². The van der Waals surface area contributed by atoms with Crippen LogP contribution in [0.25, 0.3) is 11.4 Å². The second-order valence-electron chi connectivity index (χ2n) is 7.15. The molecule has 0 unspecified atom stereocenters. The van der Waals surface area contributed by atoms with E-state index >= 15 is 0 Å². The molecule has 1 atom stereocenters. The summed E-state index contributed by atoms with van der Waals surface area (Å²) in [5.41, 5.74) is 6.62. The Morgan fingerprint density at radius 2 is 2.00 bits per heavy atom. The quantitative estimate of drug-likeness (QED) is 0.504. The summed E-state index contributed by atoms with van der Waals surface area (Å²) in [7, 11) is 0. The summed E-state index contributed by atoms with van der Waals surface area (Å²) in [5.74, 6) is -0.604. The van der Waals surface area contributed by atoms with Crippen molar-refractivity contribution in [2.75, 3.05) is 6.54 Å². The lowest BCUT2D eigenvalue weighted by Gasteiger charge is -2.11. The van der Waals surface area contributed by atoms with E-state index in [1.807, 2.05) is 0 Å². The maximum absolute atomic E-state index is 13.9. The Hall–Kier alpha value is -3.56. The Labute approximate surface area is 188 Å². The van der Waals surface area contributed by atoms with Crippen molar-refractivity contribution in [1.82, 2.24) is 20.6 Å². The van der Waals surface area contributed by atoms with Crippen LogP contribution < -0.4 is 21.1 Å². The molecule has 164 valence electrons. The summed E-state index contributed by atoms with van der Waals surface area (Å²) in [4.78, 5) is 32.2. The molecule has 3 aromatic rings. The summed E-state index contributed by atoms with van der Waals surface area (Å²) >= 11 is 5.76. The molecule has 4 N–H and O–H groups in total. The first-order valence-corrected chi connectivity index (χ1v) is 10.2. The van der Waals surface area contributed by atoms with Gasteiger partial charge in [0.05, 0.1) is 11.7 Å². The number of aromatic nitrogens is 2. The van der Waals surface area contributed by atoms with Crippen LogP contribution in [0.15, 0.2) is 48.5 Å². The number of rotatable bonds is 7. The molecule has 1 aliphatic rings. The number of ether oxygens (including phenoxy) is 1. The van der Waals surface area contributed by atoms with Gasteiger partial charge in [-0.1, -0.05) is 11.6 Å². The fraction of sp³-hybridized carbons (Fsp3) is 0.182. The van der Waals surface area contributed by atoms with Crippen LogP contribution in [-0.4, -0.2) is 34.4 Å². The van der Waals surface area contributed by atoms with E-state index in [2.05, 4.69) is 20.6 Å². The van der Waals surface area contributed by atoms with Crippen molar-refractivity contribution in [2.45, 2.75) is 19.0 Å². The van der Waals surface area contributed by atoms with Crippen molar-refractivity contribution in [3.8, 4) is 22.9 Å². The van der Waals surface area contributed by atoms with Crippen LogP contribution in [0.4, 0.5) is 4.39 Å². The molecule has 0 radical (unpaired) electrons. The predicted octanol–water partition coefficient (Wildman–Crippen LogP) is 2.81. The lowest BCUT2D eigenvalue weighted by molar-refractivity contribution is -0.120. The lowest BCUT2D eigenvalue weighted by Crippen LogP contribution is -2.36. The van der Waals surface area contributed by atoms with Crippen molar-refractivity contribution in [1.29, 1.82) is 0 Å². The number of hydrogen-bond donors (Lipinski definition) is 3. The van der Waals surface area contributed by atoms with E-state index in [4.69, 9.17) is 22.1 Å². The van der Waals surface area contributed by atoms with Crippen molar-refractivity contribution in [3.63, 3.8) is 0 Å². The molecular weight excluding hydrogens is 437 g/mol. The first kappa shape index (κ1) is 21.7. The summed E-state index contributed by atoms with van der Waals surface area (Å²) in [5, 5.41) is 6.14. The SMILES string of the molecule is NC(=O)c1cc(CN[C@H]2CCNC2=O)nc(-c2ccc(Oc3ccc(Cl)cc3F)cc2)n1. The summed E-state index contributed by atoms with van der Waals surface area (Å²) < 4.78 is 19.5. The zero-order chi connectivity index (χ0) is 22.7. The highest BCUT2D eigenvalue weighted by molar-refractivity contribution is 6.30. The third kappa shape index (κ3) is 5.01. The van der Waals surface area contributed by atoms with E-state index in [1.165, 1.54) is 24.3 Å². The molecular formula is C22H19ClFN5O3. The number of carbonyl (C=O) groups is 2. The maximum Gasteiger partial charge on any atom is 0.267 e. The minimum atomic E-state index is -0.688. The van der Waals surface area contributed by atoms with Crippen LogP contribution in [0, 0.1) is 5.82 Å². The fourth-order valence-corrected chi connectivity index (χ4v) is 3.38. The topological polar surface area (TPSA) is 119 Å². The van der Waals surface area contributed by atoms with Gasteiger partial charge in [0, 0.05) is 23.7 Å². The van der Waals surface area contributed by atoms with Gasteiger partial charge < -0.3 is 21.1 Å². The van der Waals surface area contributed by atoms with Gasteiger partial charge in [-0.3, -0.25) is 9.59 Å². The Kier molecular flexibility index (Phi) is 6.29. The number of hydrogen-bond acceptors (Lipinski definition) is 6. The van der Waals surface area contributed by atoms with Gasteiger partial charge in [0.15, 0.2) is 17.4 Å². The smallest absolute Gasteiger partial charge is 0.267 e. The van der Waals surface area contributed by atoms with E-state index < -0.39 is 11.7 Å². The van der Waals surface area contributed by atoms with Gasteiger partial charge in [0.25, 0.3) is 5.91 Å². The van der Waals surface area contributed by atoms with Gasteiger partial charge in [-0.05, 0) is 55.0 Å². The molecule has 4 rings (SSSR count). The average molecular weight is 456 g/mol. The number of amides is 2. The van der Waals surface area contributed by atoms with E-state index in [-0.39, 0.29) is 40.8 Å². The van der Waals surface area contributed by atoms with Gasteiger partial charge in [-0.25, -0.2) is 14.4 Å². The highest BCUT2D eigenvalue weighted by Crippen LogP contribution is 2.28. The summed E-state index contributed by atoms with van der Waals surface area (Å²) in [6, 6.07) is 11.9. The molecule has 1 fully saturated rings. The van der Waals surface area contributed by atoms with Gasteiger partial charge in [-0.2, -0.15) is 0 Å². The molecule has 32 heavy (non-hydrogen) atoms. The van der Waals surface area contributed by atoms with Crippen molar-refractivity contribution in [3.05, 3.63) is 70.8 Å². The first-order valence-electron chi connectivity index (χ1n) is 9.81. The predicted molar refractivity (Wildman–Crippen MR) is 116 cm³/mol. The number of nitrogens with one attached hydrogen (secondary N) is 2. The minimum Gasteiger partial charge on any atom is -0.454 e. The molecule has 1 saturated heterocycles. The molecule has 0 bridgehead atoms. The Morgan fingerprint density at radius 3 is 2.66 bits per heavy atom. The lowest BCUT2D eigenvalue weighted by atomic mass is 10.2. The van der Waals surface area contributed by atoms with Crippen LogP contribution in [0.5, 0.6) is 11.5 Å². The molecule has 0 spiro atoms. The molecule has 8 nitrogen and oxygen atoms in total. The second-order valence-corrected chi connectivity index (χ2v) is 7.58. The average Bonchev–Trinajstić information content (AvgIpc) is 3.19. The fourth-order valence-electron chi connectivity index (χ4n) is 3.22. The standard InChI is InChI=1S/C22H19ClFN5O3/c23-13-3-6-19(16(24)9-13)32-15-4-1-12(2-5-15)21-28-14(10-18(29-21)20(25)30)11-27-17-7-8-26-22(17)31/h1-6,9-10,17,27H,7-8,11H2,(H2,25,30)(H,26,31)/t17-/m0/s1. The molecule has 2 aromatic carbocycles. The molecule has 10 heteroatoms. The van der Waals surface area contributed by atoms with Gasteiger partial charge in [0.2, 0.25) is 5.91 Å². The highest BCUT2D eigenvalue weighted by Gasteiger charge is 2.23. The summed E-state index contributed by atoms with van der Waals surface area (Å²) in [6.07, 6.45) is 0.676. The van der Waals surface area contributed by atoms with Crippen molar-refractivity contribution < 1.29 is 18.7 Å². The van der Waals surface area contributed by atoms with E-state index in [0.717, 1.165) is 0 Å². The monoisotopic (exact) mass is 455 g/mol. The Bertz CT molecular complexity index is 1170. The van der Waals surface area contributed by atoms with Crippen molar-refractivity contribution >= 4 is 23.4 Å². The number of primary amides is 1. The van der Waals surface area contributed by atoms with E-state index in [0.29, 0.717) is 30.0 Å². The molecule has 1 aliphatic heterocycles. The number of carbonyl (C=O) groups excluding carboxylic acids is 2. The molecule has 2 heterocycles. The molecule has 2 amide bonds. The molecule has 0 saturated carbocycles. The maximum atomic E-state index is 13.9. The van der Waals surface area contributed by atoms with E-state index in [1.54, 1.807) is 24.3 Å². The highest BCUT2D eigenvalue weighted by atomic mass is 35.5. The first-order chi connectivity index (χ1) is 15.4. The van der Waals surface area contributed by atoms with Crippen LogP contribution in [-0.2, 0) is 11.3 Å². The number of halogens is 2. The number of benzene rings is 2. The zero-order valence-electron chi connectivity index (χ0n) is 16.8. The molecule has 0 aliphatic carbocycles. The zero-order valence-corrected chi connectivity index (χ0v) is 17.5. The van der Waals surface area contributed by atoms with E-state index in [9.17, 15) is 14.0 Å². The van der Waals surface area contributed by atoms with Crippen LogP contribution >= 0.6 is 11.6 Å². The van der Waals surface area contributed by atoms with Crippen LogP contribution in [0.3, 0.4) is 0 Å².